The van der Waals surface area contributed by atoms with Crippen molar-refractivity contribution in [2.75, 3.05) is 36.8 Å². The van der Waals surface area contributed by atoms with Gasteiger partial charge < -0.3 is 49.9 Å². The molecule has 6 heteroatoms. The van der Waals surface area contributed by atoms with Gasteiger partial charge in [0.15, 0.2) is 0 Å². The molecule has 0 heterocycles. The van der Waals surface area contributed by atoms with E-state index in [-0.39, 0.29) is 50.7 Å². The molecule has 0 aromatic heterocycles. The second kappa shape index (κ2) is 14.5. The molecule has 0 aliphatic heterocycles. The van der Waals surface area contributed by atoms with Crippen molar-refractivity contribution < 1.29 is 50.7 Å². The zero-order chi connectivity index (χ0) is 17.5. The molecule has 0 aliphatic carbocycles. The normalized spacial score (nSPS) is 9.52. The summed E-state index contributed by atoms with van der Waals surface area (Å²) in [6.07, 6.45) is 0. The summed E-state index contributed by atoms with van der Waals surface area (Å²) in [5, 5.41) is 10.6. The summed E-state index contributed by atoms with van der Waals surface area (Å²) in [7, 11) is 0. The van der Waals surface area contributed by atoms with Gasteiger partial charge in [-0.25, -0.2) is 0 Å². The smallest absolute Gasteiger partial charge is 1.00 e. The Morgan fingerprint density at radius 1 is 0.630 bits per heavy atom. The number of rotatable bonds is 8. The molecule has 153 valence electrons. The molecule has 0 aliphatic rings. The fraction of sp³-hybridized carbons (Fsp3) is 0.429. The Hall–Kier alpha value is -0.534. The third-order valence-corrected chi connectivity index (χ3v) is 4.37. The van der Waals surface area contributed by atoms with Crippen LogP contribution < -0.4 is 49.9 Å². The van der Waals surface area contributed by atoms with Gasteiger partial charge in [0, 0.05) is 37.6 Å². The van der Waals surface area contributed by atoms with Crippen LogP contribution in [0, 0.1) is 34.6 Å². The Morgan fingerprint density at radius 3 is 1.48 bits per heavy atom. The monoisotopic (exact) mass is 542 g/mol. The van der Waals surface area contributed by atoms with Gasteiger partial charge in [-0.3, -0.25) is 0 Å². The van der Waals surface area contributed by atoms with E-state index in [1.54, 1.807) is 0 Å². The van der Waals surface area contributed by atoms with Crippen molar-refractivity contribution in [2.45, 2.75) is 34.6 Å². The van der Waals surface area contributed by atoms with E-state index in [0.29, 0.717) is 0 Å². The first-order valence-corrected chi connectivity index (χ1v) is 8.81. The molecule has 0 saturated carbocycles. The third-order valence-electron chi connectivity index (χ3n) is 4.37. The Kier molecular flexibility index (Phi) is 15.4. The minimum Gasteiger partial charge on any atom is -1.00 e. The summed E-state index contributed by atoms with van der Waals surface area (Å²) < 4.78 is 0. The van der Waals surface area contributed by atoms with Gasteiger partial charge >= 0.3 is 16.8 Å². The van der Waals surface area contributed by atoms with Crippen LogP contribution in [0.4, 0.5) is 11.4 Å². The second-order valence-corrected chi connectivity index (χ2v) is 6.64. The number of anilines is 2. The second-order valence-electron chi connectivity index (χ2n) is 6.64. The van der Waals surface area contributed by atoms with Crippen molar-refractivity contribution in [2.24, 2.45) is 0 Å². The Bertz CT molecular complexity index is 650. The maximum absolute atomic E-state index is 3.55. The molecule has 2 rings (SSSR count). The molecule has 2 aromatic carbocycles. The predicted molar refractivity (Wildman–Crippen MR) is 106 cm³/mol. The number of hydrogen-bond donors (Lipinski definition) is 3. The van der Waals surface area contributed by atoms with E-state index < -0.39 is 0 Å². The van der Waals surface area contributed by atoms with Crippen LogP contribution in [0.5, 0.6) is 0 Å². The predicted octanol–water partition coefficient (Wildman–Crippen LogP) is -1.65. The molecule has 2 aromatic rings. The van der Waals surface area contributed by atoms with E-state index in [2.05, 4.69) is 80.9 Å². The van der Waals surface area contributed by atoms with Crippen molar-refractivity contribution in [3.63, 3.8) is 0 Å². The van der Waals surface area contributed by atoms with Crippen LogP contribution in [-0.4, -0.2) is 26.2 Å². The Balaban J connectivity index is 0. The zero-order valence-electron chi connectivity index (χ0n) is 16.8. The van der Waals surface area contributed by atoms with Crippen molar-refractivity contribution >= 4 is 11.4 Å². The van der Waals surface area contributed by atoms with E-state index in [4.69, 9.17) is 0 Å². The van der Waals surface area contributed by atoms with Gasteiger partial charge in [-0.05, 0) is 56.9 Å². The van der Waals surface area contributed by atoms with E-state index in [1.165, 1.54) is 39.2 Å². The summed E-state index contributed by atoms with van der Waals surface area (Å²) in [6.45, 7) is 14.6. The third kappa shape index (κ3) is 9.00. The molecule has 27 heavy (non-hydrogen) atoms. The van der Waals surface area contributed by atoms with Crippen LogP contribution in [-0.2, 0) is 16.8 Å². The number of nitrogens with one attached hydrogen (secondary N) is 3. The quantitative estimate of drug-likeness (QED) is 0.349. The molecular formula is C21H31Br2CoN3. The molecule has 1 radical (unpaired) electrons. The van der Waals surface area contributed by atoms with E-state index in [1.807, 2.05) is 0 Å². The largest absolute Gasteiger partial charge is 2.00 e. The Morgan fingerprint density at radius 2 is 1.04 bits per heavy atom. The first kappa shape index (κ1) is 28.7. The van der Waals surface area contributed by atoms with Crippen molar-refractivity contribution in [1.29, 1.82) is 0 Å². The first-order chi connectivity index (χ1) is 11.5. The van der Waals surface area contributed by atoms with Crippen LogP contribution >= 0.6 is 0 Å². The molecule has 0 atom stereocenters. The molecule has 3 N–H and O–H groups in total. The van der Waals surface area contributed by atoms with Gasteiger partial charge in [0.2, 0.25) is 0 Å². The van der Waals surface area contributed by atoms with Crippen LogP contribution in [0.1, 0.15) is 27.8 Å². The summed E-state index contributed by atoms with van der Waals surface area (Å²) in [6, 6.07) is 10.9. The number of hydrogen-bond acceptors (Lipinski definition) is 3. The fourth-order valence-electron chi connectivity index (χ4n) is 3.23. The van der Waals surface area contributed by atoms with Gasteiger partial charge in [0.1, 0.15) is 0 Å². The zero-order valence-corrected chi connectivity index (χ0v) is 21.0. The molecule has 0 bridgehead atoms. The van der Waals surface area contributed by atoms with E-state index in [9.17, 15) is 0 Å². The number of benzene rings is 2. The van der Waals surface area contributed by atoms with Gasteiger partial charge in [-0.15, -0.1) is 0 Å². The average Bonchev–Trinajstić information content (AvgIpc) is 2.50. The topological polar surface area (TPSA) is 36.1 Å². The summed E-state index contributed by atoms with van der Waals surface area (Å²) in [5.74, 6) is 0. The summed E-state index contributed by atoms with van der Waals surface area (Å²) in [5.41, 5.74) is 9.13. The maximum Gasteiger partial charge on any atom is 2.00 e. The van der Waals surface area contributed by atoms with Gasteiger partial charge in [-0.2, -0.15) is 0 Å². The molecule has 0 fully saturated rings. The van der Waals surface area contributed by atoms with E-state index >= 15 is 0 Å². The van der Waals surface area contributed by atoms with E-state index in [0.717, 1.165) is 26.2 Å². The molecule has 0 spiro atoms. The summed E-state index contributed by atoms with van der Waals surface area (Å²) >= 11 is 0. The first-order valence-electron chi connectivity index (χ1n) is 8.81. The number of para-hydroxylation sites is 1. The fourth-order valence-corrected chi connectivity index (χ4v) is 3.23. The molecule has 3 nitrogen and oxygen atoms in total. The Labute approximate surface area is 196 Å². The van der Waals surface area contributed by atoms with Crippen LogP contribution in [0.3, 0.4) is 0 Å². The van der Waals surface area contributed by atoms with Crippen LogP contribution in [0.15, 0.2) is 30.3 Å². The van der Waals surface area contributed by atoms with Gasteiger partial charge in [0.25, 0.3) is 0 Å². The summed E-state index contributed by atoms with van der Waals surface area (Å²) in [4.78, 5) is 0. The van der Waals surface area contributed by atoms with Crippen molar-refractivity contribution in [1.82, 2.24) is 5.32 Å². The average molecular weight is 544 g/mol. The number of halogens is 2. The minimum absolute atomic E-state index is 0. The number of aryl methyl sites for hydroxylation is 5. The van der Waals surface area contributed by atoms with Crippen molar-refractivity contribution in [3.8, 4) is 0 Å². The molecule has 0 unspecified atom stereocenters. The van der Waals surface area contributed by atoms with Gasteiger partial charge in [-0.1, -0.05) is 35.9 Å². The van der Waals surface area contributed by atoms with Gasteiger partial charge in [0.05, 0.1) is 0 Å². The van der Waals surface area contributed by atoms with Crippen molar-refractivity contribution in [3.05, 3.63) is 58.1 Å². The molecule has 0 amide bonds. The minimum atomic E-state index is 0. The SMILES string of the molecule is Cc1cc(C)c(NCCNCCNc2c(C)cccc2C)c(C)c1.[Br-].[Br-].[Co+2]. The van der Waals surface area contributed by atoms with Crippen LogP contribution in [0.2, 0.25) is 0 Å². The molecular weight excluding hydrogens is 513 g/mol. The molecule has 0 saturated heterocycles. The van der Waals surface area contributed by atoms with Crippen LogP contribution in [0.25, 0.3) is 0 Å². The standard InChI is InChI=1S/C21H31N3.2BrH.Co/c1-15-13-18(4)21(19(5)14-15)24-12-10-22-9-11-23-20-16(2)7-6-8-17(20)3;;;/h6-8,13-14,22-24H,9-12H2,1-5H3;2*1H;/q;;;+2/p-2. The maximum atomic E-state index is 3.55.